The average molecular weight is 472 g/mol. The van der Waals surface area contributed by atoms with Crippen LogP contribution in [0.3, 0.4) is 0 Å². The van der Waals surface area contributed by atoms with Crippen LogP contribution in [0, 0.1) is 11.7 Å². The Kier molecular flexibility index (Phi) is 6.40. The molecule has 0 saturated carbocycles. The number of carbonyl (C=O) groups excluding carboxylic acids is 1. The molecule has 2 aromatic rings. The molecule has 34 heavy (non-hydrogen) atoms. The highest BCUT2D eigenvalue weighted by atomic mass is 19.1. The fourth-order valence-corrected chi connectivity index (χ4v) is 4.89. The van der Waals surface area contributed by atoms with Crippen molar-refractivity contribution in [3.8, 4) is 5.75 Å². The number of hydrazine groups is 1. The summed E-state index contributed by atoms with van der Waals surface area (Å²) in [5.41, 5.74) is 4.76. The highest BCUT2D eigenvalue weighted by molar-refractivity contribution is 5.82. The topological polar surface area (TPSA) is 103 Å². The van der Waals surface area contributed by atoms with Crippen molar-refractivity contribution in [2.45, 2.75) is 24.8 Å². The SMILES string of the molecule is COc1c(F)cccc1NC1CC(Nc2ccc(N3CCOCC3)cn2)NC2NN(C)C(=O)C12. The van der Waals surface area contributed by atoms with Crippen molar-refractivity contribution in [3.05, 3.63) is 42.3 Å². The number of carbonyl (C=O) groups is 1. The first-order valence-corrected chi connectivity index (χ1v) is 11.5. The van der Waals surface area contributed by atoms with Crippen molar-refractivity contribution in [1.82, 2.24) is 20.7 Å². The number of nitrogens with zero attached hydrogens (tertiary/aromatic N) is 3. The summed E-state index contributed by atoms with van der Waals surface area (Å²) in [4.78, 5) is 19.7. The van der Waals surface area contributed by atoms with Gasteiger partial charge in [0.2, 0.25) is 5.91 Å². The Morgan fingerprint density at radius 3 is 2.76 bits per heavy atom. The number of methoxy groups -OCH3 is 1. The third-order valence-electron chi connectivity index (χ3n) is 6.57. The molecule has 0 aliphatic carbocycles. The van der Waals surface area contributed by atoms with Gasteiger partial charge in [-0.05, 0) is 24.3 Å². The molecule has 11 heteroatoms. The quantitative estimate of drug-likeness (QED) is 0.495. The molecule has 4 atom stereocenters. The van der Waals surface area contributed by atoms with Crippen LogP contribution in [0.15, 0.2) is 36.5 Å². The van der Waals surface area contributed by atoms with Gasteiger partial charge in [-0.3, -0.25) is 15.1 Å². The number of piperidine rings is 1. The van der Waals surface area contributed by atoms with Crippen molar-refractivity contribution in [1.29, 1.82) is 0 Å². The Labute approximate surface area is 197 Å². The van der Waals surface area contributed by atoms with Crippen LogP contribution >= 0.6 is 0 Å². The first-order valence-electron chi connectivity index (χ1n) is 11.5. The molecule has 4 unspecified atom stereocenters. The predicted molar refractivity (Wildman–Crippen MR) is 126 cm³/mol. The number of benzene rings is 1. The number of hydrogen-bond acceptors (Lipinski definition) is 9. The van der Waals surface area contributed by atoms with Crippen LogP contribution in [0.5, 0.6) is 5.75 Å². The van der Waals surface area contributed by atoms with Crippen LogP contribution < -0.4 is 31.0 Å². The summed E-state index contributed by atoms with van der Waals surface area (Å²) >= 11 is 0. The lowest BCUT2D eigenvalue weighted by atomic mass is 9.88. The van der Waals surface area contributed by atoms with Gasteiger partial charge in [-0.2, -0.15) is 0 Å². The van der Waals surface area contributed by atoms with Crippen LogP contribution in [0.25, 0.3) is 0 Å². The maximum atomic E-state index is 14.2. The number of para-hydroxylation sites is 1. The van der Waals surface area contributed by atoms with E-state index in [4.69, 9.17) is 9.47 Å². The van der Waals surface area contributed by atoms with Gasteiger partial charge >= 0.3 is 0 Å². The lowest BCUT2D eigenvalue weighted by molar-refractivity contribution is -0.131. The van der Waals surface area contributed by atoms with E-state index in [9.17, 15) is 9.18 Å². The maximum Gasteiger partial charge on any atom is 0.244 e. The summed E-state index contributed by atoms with van der Waals surface area (Å²) in [6.45, 7) is 3.15. The van der Waals surface area contributed by atoms with Crippen molar-refractivity contribution in [2.24, 2.45) is 5.92 Å². The largest absolute Gasteiger partial charge is 0.492 e. The Hall–Kier alpha value is -3.15. The van der Waals surface area contributed by atoms with E-state index < -0.39 is 5.82 Å². The van der Waals surface area contributed by atoms with Crippen molar-refractivity contribution < 1.29 is 18.7 Å². The minimum Gasteiger partial charge on any atom is -0.492 e. The molecule has 182 valence electrons. The van der Waals surface area contributed by atoms with Crippen molar-refractivity contribution >= 4 is 23.1 Å². The Morgan fingerprint density at radius 1 is 1.21 bits per heavy atom. The van der Waals surface area contributed by atoms with E-state index >= 15 is 0 Å². The zero-order valence-corrected chi connectivity index (χ0v) is 19.3. The molecule has 1 aromatic heterocycles. The molecule has 0 spiro atoms. The number of amides is 1. The van der Waals surface area contributed by atoms with Crippen molar-refractivity contribution in [2.75, 3.05) is 56.0 Å². The van der Waals surface area contributed by atoms with Crippen molar-refractivity contribution in [3.63, 3.8) is 0 Å². The summed E-state index contributed by atoms with van der Waals surface area (Å²) in [6, 6.07) is 8.46. The Bertz CT molecular complexity index is 1020. The summed E-state index contributed by atoms with van der Waals surface area (Å²) in [7, 11) is 3.14. The molecule has 3 fully saturated rings. The first kappa shape index (κ1) is 22.6. The van der Waals surface area contributed by atoms with Gasteiger partial charge in [-0.25, -0.2) is 14.8 Å². The molecule has 3 saturated heterocycles. The first-order chi connectivity index (χ1) is 16.5. The standard InChI is InChI=1S/C23H30FN7O3/c1-30-23(32)20-17(26-16-5-3-4-15(24)21(16)33-2)12-19(28-22(20)29-30)27-18-7-6-14(13-25-18)31-8-10-34-11-9-31/h3-7,13,17,19-20,22,26,28-29H,8-12H2,1-2H3,(H,25,27). The van der Waals surface area contributed by atoms with E-state index in [1.54, 1.807) is 19.2 Å². The highest BCUT2D eigenvalue weighted by Crippen LogP contribution is 2.33. The van der Waals surface area contributed by atoms with Gasteiger partial charge in [0.15, 0.2) is 11.6 Å². The zero-order chi connectivity index (χ0) is 23.7. The second kappa shape index (κ2) is 9.61. The van der Waals surface area contributed by atoms with E-state index in [2.05, 4.69) is 31.3 Å². The highest BCUT2D eigenvalue weighted by Gasteiger charge is 2.48. The zero-order valence-electron chi connectivity index (χ0n) is 19.3. The molecule has 0 bridgehead atoms. The number of hydrogen-bond donors (Lipinski definition) is 4. The summed E-state index contributed by atoms with van der Waals surface area (Å²) in [5.74, 6) is 0.0108. The van der Waals surface area contributed by atoms with E-state index in [1.165, 1.54) is 18.2 Å². The number of aromatic nitrogens is 1. The van der Waals surface area contributed by atoms with Gasteiger partial charge < -0.3 is 25.0 Å². The number of fused-ring (bicyclic) bond motifs is 1. The maximum absolute atomic E-state index is 14.2. The van der Waals surface area contributed by atoms with Crippen LogP contribution in [-0.4, -0.2) is 74.7 Å². The van der Waals surface area contributed by atoms with E-state index in [-0.39, 0.29) is 35.9 Å². The smallest absolute Gasteiger partial charge is 0.244 e. The fraction of sp³-hybridized carbons (Fsp3) is 0.478. The molecule has 3 aliphatic rings. The number of anilines is 3. The molecule has 5 rings (SSSR count). The number of nitrogens with one attached hydrogen (secondary N) is 4. The van der Waals surface area contributed by atoms with Gasteiger partial charge in [0.25, 0.3) is 0 Å². The van der Waals surface area contributed by atoms with Crippen LogP contribution in [-0.2, 0) is 9.53 Å². The van der Waals surface area contributed by atoms with Gasteiger partial charge in [0.1, 0.15) is 5.82 Å². The molecule has 1 amide bonds. The van der Waals surface area contributed by atoms with E-state index in [0.29, 0.717) is 12.1 Å². The summed E-state index contributed by atoms with van der Waals surface area (Å²) in [6.07, 6.45) is 1.97. The minimum absolute atomic E-state index is 0.0307. The number of morpholine rings is 1. The molecule has 0 radical (unpaired) electrons. The average Bonchev–Trinajstić information content (AvgIpc) is 3.13. The Morgan fingerprint density at radius 2 is 2.03 bits per heavy atom. The summed E-state index contributed by atoms with van der Waals surface area (Å²) < 4.78 is 24.9. The minimum atomic E-state index is -0.454. The number of pyridine rings is 1. The third kappa shape index (κ3) is 4.46. The number of halogens is 1. The summed E-state index contributed by atoms with van der Waals surface area (Å²) in [5, 5.41) is 11.7. The van der Waals surface area contributed by atoms with E-state index in [1.807, 2.05) is 18.3 Å². The molecule has 3 aliphatic heterocycles. The van der Waals surface area contributed by atoms with Crippen LogP contribution in [0.4, 0.5) is 21.6 Å². The third-order valence-corrected chi connectivity index (χ3v) is 6.57. The normalized spacial score (nSPS) is 26.9. The van der Waals surface area contributed by atoms with Crippen LogP contribution in [0.2, 0.25) is 0 Å². The lowest BCUT2D eigenvalue weighted by Gasteiger charge is -2.39. The lowest BCUT2D eigenvalue weighted by Crippen LogP contribution is -2.60. The van der Waals surface area contributed by atoms with Gasteiger partial charge in [-0.1, -0.05) is 6.07 Å². The van der Waals surface area contributed by atoms with Crippen LogP contribution in [0.1, 0.15) is 6.42 Å². The predicted octanol–water partition coefficient (Wildman–Crippen LogP) is 1.20. The second-order valence-corrected chi connectivity index (χ2v) is 8.70. The monoisotopic (exact) mass is 471 g/mol. The molecule has 10 nitrogen and oxygen atoms in total. The molecule has 4 heterocycles. The number of ether oxygens (including phenoxy) is 2. The molecule has 1 aromatic carbocycles. The Balaban J connectivity index is 1.32. The fourth-order valence-electron chi connectivity index (χ4n) is 4.89. The van der Waals surface area contributed by atoms with E-state index in [0.717, 1.165) is 37.8 Å². The second-order valence-electron chi connectivity index (χ2n) is 8.70. The molecular weight excluding hydrogens is 441 g/mol. The van der Waals surface area contributed by atoms with Gasteiger partial charge in [0, 0.05) is 32.6 Å². The van der Waals surface area contributed by atoms with Gasteiger partial charge in [-0.15, -0.1) is 0 Å². The molecular formula is C23H30FN7O3. The molecule has 4 N–H and O–H groups in total. The number of rotatable bonds is 6. The van der Waals surface area contributed by atoms with Gasteiger partial charge in [0.05, 0.1) is 56.1 Å².